The number of ether oxygens (including phenoxy) is 2. The van der Waals surface area contributed by atoms with Crippen molar-refractivity contribution in [2.45, 2.75) is 38.8 Å². The molecule has 1 aliphatic heterocycles. The summed E-state index contributed by atoms with van der Waals surface area (Å²) in [6, 6.07) is 9.35. The number of carboxylic acids is 1. The van der Waals surface area contributed by atoms with Gasteiger partial charge in [-0.25, -0.2) is 14.8 Å². The lowest BCUT2D eigenvalue weighted by molar-refractivity contribution is -0.157. The molecular weight excluding hydrogens is 536 g/mol. The minimum absolute atomic E-state index is 0.00625. The summed E-state index contributed by atoms with van der Waals surface area (Å²) in [5, 5.41) is 16.5. The molecule has 1 saturated heterocycles. The number of rotatable bonds is 13. The second-order valence-corrected chi connectivity index (χ2v) is 9.32. The number of carboxylic acid groups (broad SMARTS) is 1. The molecular formula is C27H36N6O8. The number of hydroxylamine groups is 2. The molecule has 222 valence electrons. The second kappa shape index (κ2) is 15.5. The minimum atomic E-state index is -1.12. The van der Waals surface area contributed by atoms with E-state index in [1.807, 2.05) is 37.3 Å². The van der Waals surface area contributed by atoms with E-state index in [9.17, 15) is 24.3 Å². The fourth-order valence-corrected chi connectivity index (χ4v) is 4.13. The molecule has 0 saturated carbocycles. The Morgan fingerprint density at radius 2 is 1.78 bits per heavy atom. The minimum Gasteiger partial charge on any atom is -0.481 e. The molecule has 0 bridgehead atoms. The van der Waals surface area contributed by atoms with Crippen LogP contribution < -0.4 is 10.6 Å². The van der Waals surface area contributed by atoms with Crippen LogP contribution in [0.1, 0.15) is 37.2 Å². The van der Waals surface area contributed by atoms with Crippen molar-refractivity contribution in [2.24, 2.45) is 0 Å². The van der Waals surface area contributed by atoms with Gasteiger partial charge in [0.1, 0.15) is 17.6 Å². The number of hydrogen-bond acceptors (Lipinski definition) is 11. The maximum absolute atomic E-state index is 13.4. The third-order valence-corrected chi connectivity index (χ3v) is 6.07. The third-order valence-electron chi connectivity index (χ3n) is 6.07. The first kappa shape index (κ1) is 31.2. The van der Waals surface area contributed by atoms with E-state index >= 15 is 0 Å². The number of benzene rings is 1. The number of aromatic nitrogens is 2. The summed E-state index contributed by atoms with van der Waals surface area (Å²) >= 11 is 0. The normalized spacial score (nSPS) is 15.0. The Bertz CT molecular complexity index is 1190. The molecule has 0 aliphatic carbocycles. The Kier molecular flexibility index (Phi) is 11.8. The third kappa shape index (κ3) is 9.69. The molecule has 3 rings (SSSR count). The first-order chi connectivity index (χ1) is 19.7. The van der Waals surface area contributed by atoms with Crippen LogP contribution in [0.3, 0.4) is 0 Å². The Morgan fingerprint density at radius 3 is 2.41 bits per heavy atom. The highest BCUT2D eigenvalue weighted by Gasteiger charge is 2.31. The van der Waals surface area contributed by atoms with Crippen molar-refractivity contribution in [1.82, 2.24) is 25.2 Å². The van der Waals surface area contributed by atoms with E-state index in [0.717, 1.165) is 0 Å². The molecule has 1 aromatic carbocycles. The van der Waals surface area contributed by atoms with Gasteiger partial charge in [0.05, 0.1) is 26.3 Å². The van der Waals surface area contributed by atoms with Gasteiger partial charge in [-0.05, 0) is 20.3 Å². The van der Waals surface area contributed by atoms with E-state index in [1.165, 1.54) is 16.0 Å². The van der Waals surface area contributed by atoms with Crippen molar-refractivity contribution in [3.05, 3.63) is 42.1 Å². The van der Waals surface area contributed by atoms with Gasteiger partial charge >= 0.3 is 12.1 Å². The molecule has 14 heteroatoms. The van der Waals surface area contributed by atoms with E-state index < -0.39 is 30.0 Å². The van der Waals surface area contributed by atoms with E-state index in [2.05, 4.69) is 20.6 Å². The maximum Gasteiger partial charge on any atom is 0.527 e. The van der Waals surface area contributed by atoms with E-state index in [0.29, 0.717) is 23.8 Å². The first-order valence-corrected chi connectivity index (χ1v) is 13.3. The monoisotopic (exact) mass is 572 g/mol. The van der Waals surface area contributed by atoms with Crippen molar-refractivity contribution in [1.29, 1.82) is 0 Å². The second-order valence-electron chi connectivity index (χ2n) is 9.32. The van der Waals surface area contributed by atoms with Crippen molar-refractivity contribution < 1.29 is 38.6 Å². The highest BCUT2D eigenvalue weighted by molar-refractivity contribution is 5.97. The molecule has 1 fully saturated rings. The number of methoxy groups -OCH3 is 1. The average molecular weight is 573 g/mol. The maximum atomic E-state index is 13.4. The van der Waals surface area contributed by atoms with Gasteiger partial charge in [0, 0.05) is 44.3 Å². The number of nitrogens with one attached hydrogen (secondary N) is 2. The SMILES string of the molecule is CCOC(=O)ON1CCN(C(=O)[C@H](CCC(=O)O)NC(=O)c2cc(NC(C)COC)nc(-c3ccccc3)n2)CC1. The first-order valence-electron chi connectivity index (χ1n) is 13.3. The molecule has 1 aromatic heterocycles. The van der Waals surface area contributed by atoms with Crippen molar-refractivity contribution in [3.63, 3.8) is 0 Å². The summed E-state index contributed by atoms with van der Waals surface area (Å²) in [5.41, 5.74) is 0.692. The lowest BCUT2D eigenvalue weighted by Gasteiger charge is -2.35. The molecule has 41 heavy (non-hydrogen) atoms. The number of anilines is 1. The van der Waals surface area contributed by atoms with Crippen LogP contribution in [0.15, 0.2) is 36.4 Å². The summed E-state index contributed by atoms with van der Waals surface area (Å²) < 4.78 is 9.95. The standard InChI is InChI=1S/C27H36N6O8/c1-4-40-27(38)41-33-14-12-32(13-15-33)26(37)20(10-11-23(34)35)30-25(36)21-16-22(28-18(2)17-39-3)31-24(29-21)19-8-6-5-7-9-19/h5-9,16,18,20H,4,10-15,17H2,1-3H3,(H,30,36)(H,34,35)(H,28,29,31)/t18?,20-/m0/s1. The zero-order chi connectivity index (χ0) is 29.8. The number of amides is 2. The van der Waals surface area contributed by atoms with Crippen LogP contribution in [0, 0.1) is 0 Å². The molecule has 1 unspecified atom stereocenters. The quantitative estimate of drug-likeness (QED) is 0.298. The predicted molar refractivity (Wildman–Crippen MR) is 147 cm³/mol. The predicted octanol–water partition coefficient (Wildman–Crippen LogP) is 1.79. The van der Waals surface area contributed by atoms with Crippen LogP contribution in [0.5, 0.6) is 0 Å². The van der Waals surface area contributed by atoms with E-state index in [1.54, 1.807) is 14.0 Å². The molecule has 0 radical (unpaired) electrons. The Hall–Kier alpha value is -4.30. The van der Waals surface area contributed by atoms with Crippen LogP contribution in [0.2, 0.25) is 0 Å². The van der Waals surface area contributed by atoms with Crippen LogP contribution in [0.25, 0.3) is 11.4 Å². The number of carbonyl (C=O) groups excluding carboxylic acids is 3. The summed E-state index contributed by atoms with van der Waals surface area (Å²) in [6.45, 7) is 4.99. The number of piperazine rings is 1. The lowest BCUT2D eigenvalue weighted by Crippen LogP contribution is -2.55. The Balaban J connectivity index is 1.78. The summed E-state index contributed by atoms with van der Waals surface area (Å²) in [6.07, 6.45) is -1.28. The Morgan fingerprint density at radius 1 is 1.07 bits per heavy atom. The summed E-state index contributed by atoms with van der Waals surface area (Å²) in [7, 11) is 1.58. The van der Waals surface area contributed by atoms with Crippen LogP contribution in [-0.4, -0.2) is 108 Å². The van der Waals surface area contributed by atoms with Gasteiger partial charge in [-0.2, -0.15) is 0 Å². The molecule has 14 nitrogen and oxygen atoms in total. The van der Waals surface area contributed by atoms with Gasteiger partial charge in [-0.1, -0.05) is 30.3 Å². The fraction of sp³-hybridized carbons (Fsp3) is 0.481. The van der Waals surface area contributed by atoms with Gasteiger partial charge in [0.15, 0.2) is 5.82 Å². The van der Waals surface area contributed by atoms with Crippen molar-refractivity contribution in [2.75, 3.05) is 51.8 Å². The molecule has 2 atom stereocenters. The zero-order valence-electron chi connectivity index (χ0n) is 23.4. The van der Waals surface area contributed by atoms with Crippen LogP contribution >= 0.6 is 0 Å². The topological polar surface area (TPSA) is 173 Å². The van der Waals surface area contributed by atoms with Gasteiger partial charge < -0.3 is 35.0 Å². The Labute approximate surface area is 237 Å². The van der Waals surface area contributed by atoms with Gasteiger partial charge in [-0.3, -0.25) is 14.4 Å². The highest BCUT2D eigenvalue weighted by atomic mass is 16.8. The van der Waals surface area contributed by atoms with Crippen LogP contribution in [-0.2, 0) is 23.9 Å². The summed E-state index contributed by atoms with van der Waals surface area (Å²) in [4.78, 5) is 65.2. The van der Waals surface area contributed by atoms with E-state index in [-0.39, 0.29) is 57.4 Å². The number of carbonyl (C=O) groups is 4. The molecule has 0 spiro atoms. The molecule has 2 amide bonds. The fourth-order valence-electron chi connectivity index (χ4n) is 4.13. The number of nitrogens with zero attached hydrogens (tertiary/aromatic N) is 4. The molecule has 2 heterocycles. The van der Waals surface area contributed by atoms with Gasteiger partial charge in [0.2, 0.25) is 5.91 Å². The molecule has 3 N–H and O–H groups in total. The van der Waals surface area contributed by atoms with Gasteiger partial charge in [0.25, 0.3) is 5.91 Å². The lowest BCUT2D eigenvalue weighted by atomic mass is 10.1. The van der Waals surface area contributed by atoms with Crippen molar-refractivity contribution >= 4 is 29.8 Å². The highest BCUT2D eigenvalue weighted by Crippen LogP contribution is 2.19. The van der Waals surface area contributed by atoms with Gasteiger partial charge in [-0.15, -0.1) is 5.06 Å². The summed E-state index contributed by atoms with van der Waals surface area (Å²) in [5.74, 6) is -1.51. The average Bonchev–Trinajstić information content (AvgIpc) is 2.95. The zero-order valence-corrected chi connectivity index (χ0v) is 23.4. The smallest absolute Gasteiger partial charge is 0.481 e. The van der Waals surface area contributed by atoms with E-state index in [4.69, 9.17) is 14.3 Å². The number of aliphatic carboxylic acids is 1. The van der Waals surface area contributed by atoms with Crippen molar-refractivity contribution in [3.8, 4) is 11.4 Å². The molecule has 2 aromatic rings. The number of hydrogen-bond donors (Lipinski definition) is 3. The largest absolute Gasteiger partial charge is 0.527 e. The molecule has 1 aliphatic rings. The van der Waals surface area contributed by atoms with Crippen LogP contribution in [0.4, 0.5) is 10.6 Å².